The molecule has 0 aliphatic rings. The van der Waals surface area contributed by atoms with Gasteiger partial charge in [-0.3, -0.25) is 4.90 Å². The second kappa shape index (κ2) is 8.87. The lowest BCUT2D eigenvalue weighted by Gasteiger charge is -2.42. The molecule has 0 bridgehead atoms. The Morgan fingerprint density at radius 2 is 1.48 bits per heavy atom. The third-order valence-corrected chi connectivity index (χ3v) is 11.1. The van der Waals surface area contributed by atoms with E-state index in [2.05, 4.69) is 53.4 Å². The number of benzene rings is 1. The van der Waals surface area contributed by atoms with E-state index in [1.165, 1.54) is 6.07 Å². The van der Waals surface area contributed by atoms with Gasteiger partial charge < -0.3 is 4.43 Å². The summed E-state index contributed by atoms with van der Waals surface area (Å²) in [4.78, 5) is 2.02. The lowest BCUT2D eigenvalue weighted by Crippen LogP contribution is -2.50. The number of hydrogen-bond donors (Lipinski definition) is 0. The molecule has 25 heavy (non-hydrogen) atoms. The fraction of sp³-hybridized carbons (Fsp3) is 0.619. The molecule has 1 unspecified atom stereocenters. The van der Waals surface area contributed by atoms with E-state index in [1.807, 2.05) is 32.0 Å². The first kappa shape index (κ1) is 21.7. The second-order valence-corrected chi connectivity index (χ2v) is 13.3. The van der Waals surface area contributed by atoms with Crippen molar-refractivity contribution in [3.8, 4) is 17.6 Å². The molecule has 0 saturated carbocycles. The van der Waals surface area contributed by atoms with E-state index in [0.717, 1.165) is 0 Å². The Morgan fingerprint density at radius 3 is 1.88 bits per heavy atom. The SMILES string of the molecule is CC(C#Cc1ccc(O[Si](C(C)C)(C(C)C)C(C)C)c(F)c1)N(C)C. The molecule has 0 aliphatic heterocycles. The molecule has 0 N–H and O–H groups in total. The molecule has 0 aliphatic carbocycles. The molecule has 0 spiro atoms. The van der Waals surface area contributed by atoms with Crippen molar-refractivity contribution < 1.29 is 8.82 Å². The van der Waals surface area contributed by atoms with Gasteiger partial charge in [0.2, 0.25) is 0 Å². The van der Waals surface area contributed by atoms with Crippen molar-refractivity contribution in [2.45, 2.75) is 71.1 Å². The number of hydrogen-bond acceptors (Lipinski definition) is 2. The summed E-state index contributed by atoms with van der Waals surface area (Å²) in [5, 5.41) is 0. The van der Waals surface area contributed by atoms with Crippen molar-refractivity contribution in [1.29, 1.82) is 0 Å². The molecule has 0 heterocycles. The van der Waals surface area contributed by atoms with Gasteiger partial charge in [-0.15, -0.1) is 0 Å². The topological polar surface area (TPSA) is 12.5 Å². The van der Waals surface area contributed by atoms with Crippen LogP contribution in [0.3, 0.4) is 0 Å². The number of halogens is 1. The van der Waals surface area contributed by atoms with Gasteiger partial charge >= 0.3 is 0 Å². The molecular weight excluding hydrogens is 329 g/mol. The molecule has 1 aromatic rings. The van der Waals surface area contributed by atoms with Gasteiger partial charge in [0, 0.05) is 5.56 Å². The molecule has 1 rings (SSSR count). The van der Waals surface area contributed by atoms with Crippen molar-refractivity contribution in [2.24, 2.45) is 0 Å². The fourth-order valence-electron chi connectivity index (χ4n) is 3.52. The smallest absolute Gasteiger partial charge is 0.258 e. The minimum absolute atomic E-state index is 0.127. The Labute approximate surface area is 154 Å². The van der Waals surface area contributed by atoms with Crippen LogP contribution in [0, 0.1) is 17.7 Å². The van der Waals surface area contributed by atoms with E-state index in [0.29, 0.717) is 27.9 Å². The summed E-state index contributed by atoms with van der Waals surface area (Å²) >= 11 is 0. The van der Waals surface area contributed by atoms with Crippen molar-refractivity contribution in [3.63, 3.8) is 0 Å². The average Bonchev–Trinajstić information content (AvgIpc) is 2.50. The Balaban J connectivity index is 3.15. The Morgan fingerprint density at radius 1 is 0.960 bits per heavy atom. The Bertz CT molecular complexity index is 607. The van der Waals surface area contributed by atoms with Crippen LogP contribution in [0.2, 0.25) is 16.6 Å². The highest BCUT2D eigenvalue weighted by molar-refractivity contribution is 6.78. The molecule has 0 radical (unpaired) electrons. The zero-order chi connectivity index (χ0) is 19.4. The molecule has 1 aromatic carbocycles. The van der Waals surface area contributed by atoms with E-state index >= 15 is 0 Å². The number of rotatable bonds is 6. The van der Waals surface area contributed by atoms with Gasteiger partial charge in [-0.2, -0.15) is 0 Å². The summed E-state index contributed by atoms with van der Waals surface area (Å²) in [5.41, 5.74) is 1.91. The first-order valence-corrected chi connectivity index (χ1v) is 11.3. The molecular formula is C21H34FNOSi. The van der Waals surface area contributed by atoms with Gasteiger partial charge in [-0.05, 0) is 55.8 Å². The van der Waals surface area contributed by atoms with Crippen LogP contribution in [0.4, 0.5) is 4.39 Å². The van der Waals surface area contributed by atoms with Crippen LogP contribution in [0.1, 0.15) is 54.0 Å². The molecule has 0 aromatic heterocycles. The van der Waals surface area contributed by atoms with E-state index < -0.39 is 8.32 Å². The Hall–Kier alpha value is -1.31. The summed E-state index contributed by atoms with van der Waals surface area (Å²) in [6, 6.07) is 5.22. The summed E-state index contributed by atoms with van der Waals surface area (Å²) in [6.45, 7) is 15.2. The lowest BCUT2D eigenvalue weighted by molar-refractivity contribution is 0.373. The van der Waals surface area contributed by atoms with E-state index in [9.17, 15) is 4.39 Å². The maximum Gasteiger partial charge on any atom is 0.258 e. The zero-order valence-corrected chi connectivity index (χ0v) is 18.3. The molecule has 0 fully saturated rings. The maximum absolute atomic E-state index is 14.7. The van der Waals surface area contributed by atoms with Crippen LogP contribution in [0.5, 0.6) is 5.75 Å². The average molecular weight is 364 g/mol. The zero-order valence-electron chi connectivity index (χ0n) is 17.3. The van der Waals surface area contributed by atoms with Gasteiger partial charge in [0.15, 0.2) is 5.82 Å². The van der Waals surface area contributed by atoms with Gasteiger partial charge in [0.05, 0.1) is 6.04 Å². The predicted octanol–water partition coefficient (Wildman–Crippen LogP) is 5.68. The summed E-state index contributed by atoms with van der Waals surface area (Å²) < 4.78 is 21.1. The van der Waals surface area contributed by atoms with E-state index in [4.69, 9.17) is 4.43 Å². The molecule has 1 atom stereocenters. The van der Waals surface area contributed by atoms with E-state index in [1.54, 1.807) is 6.07 Å². The van der Waals surface area contributed by atoms with Crippen molar-refractivity contribution in [2.75, 3.05) is 14.1 Å². The highest BCUT2D eigenvalue weighted by Gasteiger charge is 2.47. The van der Waals surface area contributed by atoms with Crippen LogP contribution in [0.15, 0.2) is 18.2 Å². The van der Waals surface area contributed by atoms with Crippen LogP contribution >= 0.6 is 0 Å². The summed E-state index contributed by atoms with van der Waals surface area (Å²) in [6.07, 6.45) is 0. The molecule has 0 amide bonds. The van der Waals surface area contributed by atoms with Crippen LogP contribution in [-0.4, -0.2) is 33.4 Å². The standard InChI is InChI=1S/C21H34FNOSi/c1-15(2)25(16(3)4,17(5)6)24-21-13-12-19(14-20(21)22)11-10-18(7)23(8)9/h12-18H,1-9H3. The quantitative estimate of drug-likeness (QED) is 0.476. The maximum atomic E-state index is 14.7. The van der Waals surface area contributed by atoms with Crippen LogP contribution < -0.4 is 4.43 Å². The number of nitrogens with zero attached hydrogens (tertiary/aromatic N) is 1. The summed E-state index contributed by atoms with van der Waals surface area (Å²) in [5.74, 6) is 6.23. The second-order valence-electron chi connectivity index (χ2n) is 7.97. The van der Waals surface area contributed by atoms with Crippen molar-refractivity contribution in [1.82, 2.24) is 4.90 Å². The minimum atomic E-state index is -2.15. The monoisotopic (exact) mass is 363 g/mol. The normalized spacial score (nSPS) is 13.4. The van der Waals surface area contributed by atoms with Crippen LogP contribution in [-0.2, 0) is 0 Å². The first-order chi connectivity index (χ1) is 11.5. The van der Waals surface area contributed by atoms with Gasteiger partial charge in [-0.1, -0.05) is 53.4 Å². The van der Waals surface area contributed by atoms with Crippen LogP contribution in [0.25, 0.3) is 0 Å². The predicted molar refractivity (Wildman–Crippen MR) is 108 cm³/mol. The Kier molecular flexibility index (Phi) is 7.71. The van der Waals surface area contributed by atoms with Gasteiger partial charge in [-0.25, -0.2) is 4.39 Å². The molecule has 0 saturated heterocycles. The molecule has 4 heteroatoms. The van der Waals surface area contributed by atoms with Crippen molar-refractivity contribution in [3.05, 3.63) is 29.6 Å². The van der Waals surface area contributed by atoms with Gasteiger partial charge in [0.25, 0.3) is 8.32 Å². The van der Waals surface area contributed by atoms with Gasteiger partial charge in [0.1, 0.15) is 5.75 Å². The van der Waals surface area contributed by atoms with Crippen molar-refractivity contribution >= 4 is 8.32 Å². The lowest BCUT2D eigenvalue weighted by atomic mass is 10.2. The summed E-state index contributed by atoms with van der Waals surface area (Å²) in [7, 11) is 1.80. The molecule has 2 nitrogen and oxygen atoms in total. The highest BCUT2D eigenvalue weighted by atomic mass is 28.4. The van der Waals surface area contributed by atoms with E-state index in [-0.39, 0.29) is 11.9 Å². The third-order valence-electron chi connectivity index (χ3n) is 5.13. The molecule has 140 valence electrons. The highest BCUT2D eigenvalue weighted by Crippen LogP contribution is 2.43. The minimum Gasteiger partial charge on any atom is -0.541 e. The first-order valence-electron chi connectivity index (χ1n) is 9.18. The largest absolute Gasteiger partial charge is 0.541 e. The third kappa shape index (κ3) is 5.09. The fourth-order valence-corrected chi connectivity index (χ4v) is 8.78.